The Kier molecular flexibility index (Phi) is 4.66. The third-order valence-corrected chi connectivity index (χ3v) is 5.27. The Hall–Kier alpha value is -3.10. The molecule has 147 valence electrons. The van der Waals surface area contributed by atoms with Crippen LogP contribution < -0.4 is 20.9 Å². The molecule has 3 N–H and O–H groups in total. The summed E-state index contributed by atoms with van der Waals surface area (Å²) in [6.07, 6.45) is 3.63. The van der Waals surface area contributed by atoms with Crippen molar-refractivity contribution in [3.8, 4) is 0 Å². The summed E-state index contributed by atoms with van der Waals surface area (Å²) < 4.78 is 0. The lowest BCUT2D eigenvalue weighted by atomic mass is 10.1. The van der Waals surface area contributed by atoms with Gasteiger partial charge in [0.1, 0.15) is 6.04 Å². The Morgan fingerprint density at radius 2 is 1.89 bits per heavy atom. The summed E-state index contributed by atoms with van der Waals surface area (Å²) in [7, 11) is 0. The van der Waals surface area contributed by atoms with Gasteiger partial charge in [0.15, 0.2) is 0 Å². The van der Waals surface area contributed by atoms with Gasteiger partial charge in [-0.25, -0.2) is 4.79 Å². The fraction of sp³-hybridized carbons (Fsp3) is 0.421. The number of nitrogens with two attached hydrogens (primary N) is 1. The fourth-order valence-corrected chi connectivity index (χ4v) is 4.07. The van der Waals surface area contributed by atoms with Gasteiger partial charge >= 0.3 is 6.03 Å². The molecule has 0 bridgehead atoms. The molecule has 1 aromatic rings. The molecule has 0 aromatic heterocycles. The second-order valence-electron chi connectivity index (χ2n) is 7.12. The number of hydrogen-bond donors (Lipinski definition) is 2. The minimum atomic E-state index is -0.702. The van der Waals surface area contributed by atoms with Crippen LogP contribution in [0.1, 0.15) is 19.8 Å². The number of nitrogens with one attached hydrogen (secondary N) is 1. The molecule has 28 heavy (non-hydrogen) atoms. The summed E-state index contributed by atoms with van der Waals surface area (Å²) >= 11 is 0. The Morgan fingerprint density at radius 1 is 1.18 bits per heavy atom. The molecule has 2 atom stereocenters. The zero-order chi connectivity index (χ0) is 19.8. The van der Waals surface area contributed by atoms with Crippen molar-refractivity contribution in [1.29, 1.82) is 0 Å². The van der Waals surface area contributed by atoms with Crippen LogP contribution in [0.2, 0.25) is 0 Å². The number of rotatable bonds is 3. The Morgan fingerprint density at radius 3 is 2.57 bits per heavy atom. The number of hydrogen-bond acceptors (Lipinski definition) is 5. The van der Waals surface area contributed by atoms with Crippen LogP contribution in [0, 0.1) is 6.42 Å². The molecule has 0 saturated carbocycles. The number of nitrogens with zero attached hydrogens (tertiary/aromatic N) is 4. The fourth-order valence-electron chi connectivity index (χ4n) is 4.07. The monoisotopic (exact) mass is 383 g/mol. The first-order valence-corrected chi connectivity index (χ1v) is 9.39. The molecule has 4 amide bonds. The van der Waals surface area contributed by atoms with Gasteiger partial charge in [0, 0.05) is 37.9 Å². The number of carbonyl (C=O) groups is 3. The number of primary amides is 1. The normalized spacial score (nSPS) is 24.2. The third-order valence-electron chi connectivity index (χ3n) is 5.27. The second-order valence-corrected chi connectivity index (χ2v) is 7.12. The van der Waals surface area contributed by atoms with E-state index in [1.165, 1.54) is 11.8 Å². The van der Waals surface area contributed by atoms with Crippen LogP contribution in [-0.2, 0) is 9.59 Å². The van der Waals surface area contributed by atoms with Gasteiger partial charge in [-0.1, -0.05) is 0 Å². The highest BCUT2D eigenvalue weighted by molar-refractivity contribution is 6.06. The highest BCUT2D eigenvalue weighted by Crippen LogP contribution is 2.35. The highest BCUT2D eigenvalue weighted by atomic mass is 16.2. The van der Waals surface area contributed by atoms with Gasteiger partial charge in [-0.3, -0.25) is 24.8 Å². The minimum Gasteiger partial charge on any atom is -0.368 e. The smallest absolute Gasteiger partial charge is 0.325 e. The summed E-state index contributed by atoms with van der Waals surface area (Å²) in [5.74, 6) is -0.167. The van der Waals surface area contributed by atoms with Crippen molar-refractivity contribution in [3.63, 3.8) is 0 Å². The van der Waals surface area contributed by atoms with Gasteiger partial charge in [0.2, 0.25) is 17.8 Å². The van der Waals surface area contributed by atoms with Gasteiger partial charge < -0.3 is 15.5 Å². The molecule has 9 nitrogen and oxygen atoms in total. The molecule has 4 rings (SSSR count). The molecular formula is C19H23N6O3. The number of benzene rings is 1. The van der Waals surface area contributed by atoms with Gasteiger partial charge in [-0.05, 0) is 43.5 Å². The van der Waals surface area contributed by atoms with Gasteiger partial charge in [-0.2, -0.15) is 0 Å². The maximum Gasteiger partial charge on any atom is 0.325 e. The summed E-state index contributed by atoms with van der Waals surface area (Å²) in [6, 6.07) is 6.13. The van der Waals surface area contributed by atoms with Crippen molar-refractivity contribution >= 4 is 35.2 Å². The zero-order valence-corrected chi connectivity index (χ0v) is 15.7. The number of guanidine groups is 1. The summed E-state index contributed by atoms with van der Waals surface area (Å²) in [4.78, 5) is 45.8. The molecule has 0 spiro atoms. The summed E-state index contributed by atoms with van der Waals surface area (Å²) in [5, 5.41) is 2.76. The van der Waals surface area contributed by atoms with Crippen LogP contribution in [0.4, 0.5) is 16.2 Å². The van der Waals surface area contributed by atoms with Crippen LogP contribution in [-0.4, -0.2) is 60.4 Å². The van der Waals surface area contributed by atoms with Gasteiger partial charge in [-0.15, -0.1) is 0 Å². The number of carbonyl (C=O) groups excluding carboxylic acids is 3. The molecule has 3 aliphatic heterocycles. The molecule has 0 aliphatic carbocycles. The van der Waals surface area contributed by atoms with Crippen molar-refractivity contribution in [2.75, 3.05) is 29.4 Å². The number of fused-ring (bicyclic) bond motifs is 1. The highest BCUT2D eigenvalue weighted by Gasteiger charge is 2.51. The van der Waals surface area contributed by atoms with E-state index >= 15 is 0 Å². The standard InChI is InChI=1S/C19H23N6O3/c1-12(26)22-18-21-9-3-11-23(18)13-5-7-14(8-6-13)25-16(17(20)27)15-4-2-10-24(15)19(25)28/h4-8,15-16H,2-3,9-11H2,1H3,(H2,20,27)(H,21,22,26)/t15-,16?/m1/s1. The van der Waals surface area contributed by atoms with E-state index in [1.807, 2.05) is 23.5 Å². The van der Waals surface area contributed by atoms with E-state index in [4.69, 9.17) is 5.73 Å². The largest absolute Gasteiger partial charge is 0.368 e. The zero-order valence-electron chi connectivity index (χ0n) is 15.7. The van der Waals surface area contributed by atoms with Crippen LogP contribution in [0.5, 0.6) is 0 Å². The molecule has 3 heterocycles. The van der Waals surface area contributed by atoms with E-state index in [1.54, 1.807) is 17.0 Å². The number of amides is 4. The molecule has 1 radical (unpaired) electrons. The molecule has 1 unspecified atom stereocenters. The summed E-state index contributed by atoms with van der Waals surface area (Å²) in [5.41, 5.74) is 7.08. The Balaban J connectivity index is 1.60. The van der Waals surface area contributed by atoms with Gasteiger partial charge in [0.05, 0.1) is 6.04 Å². The van der Waals surface area contributed by atoms with Crippen molar-refractivity contribution in [2.24, 2.45) is 10.7 Å². The molecule has 2 saturated heterocycles. The van der Waals surface area contributed by atoms with Crippen molar-refractivity contribution in [1.82, 2.24) is 10.2 Å². The lowest BCUT2D eigenvalue weighted by Gasteiger charge is -2.30. The second kappa shape index (κ2) is 7.14. The first-order valence-electron chi connectivity index (χ1n) is 9.39. The maximum atomic E-state index is 12.8. The van der Waals surface area contributed by atoms with Crippen LogP contribution in [0.25, 0.3) is 0 Å². The average molecular weight is 383 g/mol. The van der Waals surface area contributed by atoms with Crippen molar-refractivity contribution in [2.45, 2.75) is 31.8 Å². The maximum absolute atomic E-state index is 12.8. The third kappa shape index (κ3) is 3.06. The number of urea groups is 1. The molecular weight excluding hydrogens is 360 g/mol. The lowest BCUT2D eigenvalue weighted by molar-refractivity contribution is -0.119. The minimum absolute atomic E-state index is 0.175. The number of anilines is 2. The van der Waals surface area contributed by atoms with E-state index in [-0.39, 0.29) is 18.0 Å². The van der Waals surface area contributed by atoms with Crippen molar-refractivity contribution < 1.29 is 14.4 Å². The molecule has 2 fully saturated rings. The van der Waals surface area contributed by atoms with E-state index in [2.05, 4.69) is 10.3 Å². The molecule has 9 heteroatoms. The van der Waals surface area contributed by atoms with Gasteiger partial charge in [0.25, 0.3) is 0 Å². The Bertz CT molecular complexity index is 837. The lowest BCUT2D eigenvalue weighted by Crippen LogP contribution is -2.47. The van der Waals surface area contributed by atoms with E-state index in [9.17, 15) is 14.4 Å². The Labute approximate surface area is 163 Å². The summed E-state index contributed by atoms with van der Waals surface area (Å²) in [6.45, 7) is 3.45. The molecule has 1 aromatic carbocycles. The van der Waals surface area contributed by atoms with Crippen LogP contribution in [0.3, 0.4) is 0 Å². The average Bonchev–Trinajstić information content (AvgIpc) is 3.24. The SMILES string of the molecule is CC(=O)NC1=NCCCN1c1ccc(N2C(=O)N3CC[CH][C@@H]3C2C(N)=O)cc1. The first-order chi connectivity index (χ1) is 13.5. The predicted octanol–water partition coefficient (Wildman–Crippen LogP) is 0.461. The van der Waals surface area contributed by atoms with E-state index in [0.29, 0.717) is 24.7 Å². The van der Waals surface area contributed by atoms with E-state index in [0.717, 1.165) is 25.1 Å². The van der Waals surface area contributed by atoms with Crippen LogP contribution in [0.15, 0.2) is 29.3 Å². The van der Waals surface area contributed by atoms with Crippen molar-refractivity contribution in [3.05, 3.63) is 30.7 Å². The van der Waals surface area contributed by atoms with Crippen LogP contribution >= 0.6 is 0 Å². The topological polar surface area (TPSA) is 111 Å². The van der Waals surface area contributed by atoms with E-state index < -0.39 is 11.9 Å². The quantitative estimate of drug-likeness (QED) is 0.790. The number of aliphatic imine (C=N–C) groups is 1. The molecule has 3 aliphatic rings. The predicted molar refractivity (Wildman–Crippen MR) is 105 cm³/mol. The first kappa shape index (κ1) is 18.3.